The number of carbonyl (C=O) groups excluding carboxylic acids is 1. The quantitative estimate of drug-likeness (QED) is 0.362. The van der Waals surface area contributed by atoms with Crippen LogP contribution in [0.15, 0.2) is 65.3 Å². The molecule has 4 aromatic rings. The number of amides is 1. The first-order chi connectivity index (χ1) is 16.1. The molecule has 2 aromatic heterocycles. The maximum absolute atomic E-state index is 12.8. The summed E-state index contributed by atoms with van der Waals surface area (Å²) in [4.78, 5) is 34.4. The van der Waals surface area contributed by atoms with Gasteiger partial charge in [-0.05, 0) is 42.5 Å². The predicted octanol–water partition coefficient (Wildman–Crippen LogP) is 3.89. The van der Waals surface area contributed by atoms with Crippen LogP contribution in [-0.4, -0.2) is 47.1 Å². The van der Waals surface area contributed by atoms with E-state index in [-0.39, 0.29) is 11.3 Å². The number of oxazole rings is 1. The fourth-order valence-corrected chi connectivity index (χ4v) is 3.70. The molecule has 1 fully saturated rings. The Bertz CT molecular complexity index is 1330. The van der Waals surface area contributed by atoms with Crippen LogP contribution in [0.1, 0.15) is 10.4 Å². The second kappa shape index (κ2) is 8.67. The molecule has 0 radical (unpaired) electrons. The average Bonchev–Trinajstić information content (AvgIpc) is 3.28. The van der Waals surface area contributed by atoms with Gasteiger partial charge in [-0.1, -0.05) is 0 Å². The lowest BCUT2D eigenvalue weighted by atomic mass is 10.1. The van der Waals surface area contributed by atoms with E-state index < -0.39 is 10.8 Å². The van der Waals surface area contributed by atoms with Crippen molar-refractivity contribution in [3.63, 3.8) is 0 Å². The SMILES string of the molecule is O=C(Nc1ccc2oc(-c3cccnc3)nc2c1)c1ccc(N2CCOCC2)c([N+](=O)[O-])c1. The normalized spacial score (nSPS) is 13.8. The predicted molar refractivity (Wildman–Crippen MR) is 121 cm³/mol. The number of carbonyl (C=O) groups is 1. The molecule has 0 bridgehead atoms. The highest BCUT2D eigenvalue weighted by Crippen LogP contribution is 2.31. The smallest absolute Gasteiger partial charge is 0.293 e. The number of aromatic nitrogens is 2. The highest BCUT2D eigenvalue weighted by Gasteiger charge is 2.23. The van der Waals surface area contributed by atoms with Crippen LogP contribution in [0.2, 0.25) is 0 Å². The number of morpholine rings is 1. The molecule has 5 rings (SSSR count). The Morgan fingerprint density at radius 1 is 1.12 bits per heavy atom. The second-order valence-corrected chi connectivity index (χ2v) is 7.46. The molecule has 0 atom stereocenters. The molecule has 10 nitrogen and oxygen atoms in total. The Labute approximate surface area is 188 Å². The summed E-state index contributed by atoms with van der Waals surface area (Å²) >= 11 is 0. The summed E-state index contributed by atoms with van der Waals surface area (Å²) in [5, 5.41) is 14.4. The van der Waals surface area contributed by atoms with Crippen molar-refractivity contribution in [1.82, 2.24) is 9.97 Å². The Kier molecular flexibility index (Phi) is 5.41. The summed E-state index contributed by atoms with van der Waals surface area (Å²) in [6.07, 6.45) is 3.32. The molecule has 3 heterocycles. The Morgan fingerprint density at radius 2 is 1.97 bits per heavy atom. The minimum atomic E-state index is -0.469. The summed E-state index contributed by atoms with van der Waals surface area (Å²) in [5.74, 6) is -0.0298. The molecular formula is C23H19N5O5. The van der Waals surface area contributed by atoms with Gasteiger partial charge in [0.25, 0.3) is 11.6 Å². The fraction of sp³-hybridized carbons (Fsp3) is 0.174. The van der Waals surface area contributed by atoms with E-state index in [0.29, 0.717) is 54.7 Å². The van der Waals surface area contributed by atoms with Crippen molar-refractivity contribution in [2.45, 2.75) is 0 Å². The van der Waals surface area contributed by atoms with Gasteiger partial charge in [0.05, 0.1) is 23.7 Å². The van der Waals surface area contributed by atoms with Gasteiger partial charge in [-0.2, -0.15) is 0 Å². The molecule has 33 heavy (non-hydrogen) atoms. The molecule has 1 saturated heterocycles. The summed E-state index contributed by atoms with van der Waals surface area (Å²) in [5.41, 5.74) is 2.93. The van der Waals surface area contributed by atoms with Gasteiger partial charge in [0.2, 0.25) is 5.89 Å². The number of nitrogens with zero attached hydrogens (tertiary/aromatic N) is 4. The first-order valence-corrected chi connectivity index (χ1v) is 10.3. The maximum Gasteiger partial charge on any atom is 0.293 e. The first kappa shape index (κ1) is 20.6. The third-order valence-electron chi connectivity index (χ3n) is 5.34. The van der Waals surface area contributed by atoms with Gasteiger partial charge in [0.15, 0.2) is 5.58 Å². The lowest BCUT2D eigenvalue weighted by molar-refractivity contribution is -0.384. The van der Waals surface area contributed by atoms with Crippen LogP contribution in [0.4, 0.5) is 17.1 Å². The van der Waals surface area contributed by atoms with Crippen LogP contribution < -0.4 is 10.2 Å². The standard InChI is InChI=1S/C23H19N5O5/c29-22(15-3-5-19(20(12-15)28(30)31)27-8-10-32-11-9-27)25-17-4-6-21-18(13-17)26-23(33-21)16-2-1-7-24-14-16/h1-7,12-14H,8-11H2,(H,25,29). The number of rotatable bonds is 5. The molecule has 10 heteroatoms. The lowest BCUT2D eigenvalue weighted by Gasteiger charge is -2.28. The number of fused-ring (bicyclic) bond motifs is 1. The van der Waals surface area contributed by atoms with Gasteiger partial charge in [-0.15, -0.1) is 0 Å². The molecule has 1 aliphatic heterocycles. The van der Waals surface area contributed by atoms with E-state index >= 15 is 0 Å². The van der Waals surface area contributed by atoms with Crippen molar-refractivity contribution in [2.24, 2.45) is 0 Å². The monoisotopic (exact) mass is 445 g/mol. The van der Waals surface area contributed by atoms with Gasteiger partial charge < -0.3 is 19.4 Å². The number of hydrogen-bond acceptors (Lipinski definition) is 8. The van der Waals surface area contributed by atoms with Gasteiger partial charge >= 0.3 is 0 Å². The van der Waals surface area contributed by atoms with Crippen molar-refractivity contribution in [3.8, 4) is 11.5 Å². The number of pyridine rings is 1. The van der Waals surface area contributed by atoms with E-state index in [1.165, 1.54) is 6.07 Å². The highest BCUT2D eigenvalue weighted by molar-refractivity contribution is 6.05. The zero-order valence-corrected chi connectivity index (χ0v) is 17.4. The van der Waals surface area contributed by atoms with E-state index in [0.717, 1.165) is 5.56 Å². The van der Waals surface area contributed by atoms with Crippen LogP contribution >= 0.6 is 0 Å². The Morgan fingerprint density at radius 3 is 2.73 bits per heavy atom. The van der Waals surface area contributed by atoms with E-state index in [1.54, 1.807) is 48.8 Å². The molecule has 0 unspecified atom stereocenters. The number of benzene rings is 2. The van der Waals surface area contributed by atoms with Gasteiger partial charge in [0, 0.05) is 42.8 Å². The number of ether oxygens (including phenoxy) is 1. The van der Waals surface area contributed by atoms with E-state index in [1.807, 2.05) is 11.0 Å². The lowest BCUT2D eigenvalue weighted by Crippen LogP contribution is -2.36. The number of nitro groups is 1. The van der Waals surface area contributed by atoms with E-state index in [2.05, 4.69) is 15.3 Å². The van der Waals surface area contributed by atoms with Crippen LogP contribution in [0.3, 0.4) is 0 Å². The number of nitro benzene ring substituents is 1. The second-order valence-electron chi connectivity index (χ2n) is 7.46. The summed E-state index contributed by atoms with van der Waals surface area (Å²) < 4.78 is 11.1. The summed E-state index contributed by atoms with van der Waals surface area (Å²) in [6.45, 7) is 2.13. The number of nitrogens with one attached hydrogen (secondary N) is 1. The molecule has 0 saturated carbocycles. The maximum atomic E-state index is 12.8. The molecule has 1 amide bonds. The summed E-state index contributed by atoms with van der Waals surface area (Å²) in [6, 6.07) is 13.2. The van der Waals surface area contributed by atoms with Crippen molar-refractivity contribution >= 4 is 34.1 Å². The molecule has 2 aromatic carbocycles. The van der Waals surface area contributed by atoms with Crippen molar-refractivity contribution in [1.29, 1.82) is 0 Å². The van der Waals surface area contributed by atoms with Crippen LogP contribution in [0, 0.1) is 10.1 Å². The zero-order chi connectivity index (χ0) is 22.8. The fourth-order valence-electron chi connectivity index (χ4n) is 3.70. The van der Waals surface area contributed by atoms with E-state index in [4.69, 9.17) is 9.15 Å². The van der Waals surface area contributed by atoms with Gasteiger partial charge in [-0.3, -0.25) is 19.9 Å². The third kappa shape index (κ3) is 4.23. The van der Waals surface area contributed by atoms with E-state index in [9.17, 15) is 14.9 Å². The molecule has 166 valence electrons. The van der Waals surface area contributed by atoms with Crippen LogP contribution in [0.5, 0.6) is 0 Å². The average molecular weight is 445 g/mol. The molecule has 1 N–H and O–H groups in total. The highest BCUT2D eigenvalue weighted by atomic mass is 16.6. The number of hydrogen-bond donors (Lipinski definition) is 1. The molecular weight excluding hydrogens is 426 g/mol. The summed E-state index contributed by atoms with van der Waals surface area (Å²) in [7, 11) is 0. The van der Waals surface area contributed by atoms with Crippen molar-refractivity contribution < 1.29 is 18.9 Å². The minimum absolute atomic E-state index is 0.113. The molecule has 0 aliphatic carbocycles. The van der Waals surface area contributed by atoms with Gasteiger partial charge in [-0.25, -0.2) is 4.98 Å². The Balaban J connectivity index is 1.38. The largest absolute Gasteiger partial charge is 0.436 e. The third-order valence-corrected chi connectivity index (χ3v) is 5.34. The minimum Gasteiger partial charge on any atom is -0.436 e. The van der Waals surface area contributed by atoms with Crippen molar-refractivity contribution in [2.75, 3.05) is 36.5 Å². The van der Waals surface area contributed by atoms with Crippen LogP contribution in [-0.2, 0) is 4.74 Å². The Hall–Kier alpha value is -4.31. The molecule has 0 spiro atoms. The van der Waals surface area contributed by atoms with Crippen molar-refractivity contribution in [3.05, 3.63) is 76.6 Å². The topological polar surface area (TPSA) is 124 Å². The molecule has 1 aliphatic rings. The number of anilines is 2. The zero-order valence-electron chi connectivity index (χ0n) is 17.4. The first-order valence-electron chi connectivity index (χ1n) is 10.3. The van der Waals surface area contributed by atoms with Gasteiger partial charge in [0.1, 0.15) is 11.2 Å². The van der Waals surface area contributed by atoms with Crippen LogP contribution in [0.25, 0.3) is 22.6 Å².